The third kappa shape index (κ3) is 4.30. The van der Waals surface area contributed by atoms with Crippen molar-refractivity contribution < 1.29 is 8.42 Å². The lowest BCUT2D eigenvalue weighted by atomic mass is 9.95. The summed E-state index contributed by atoms with van der Waals surface area (Å²) in [5.74, 6) is -0.150. The Morgan fingerprint density at radius 1 is 1.20 bits per heavy atom. The Morgan fingerprint density at radius 3 is 2.45 bits per heavy atom. The van der Waals surface area contributed by atoms with Crippen molar-refractivity contribution in [3.8, 4) is 0 Å². The lowest BCUT2D eigenvalue weighted by Crippen LogP contribution is -2.28. The second kappa shape index (κ2) is 6.35. The van der Waals surface area contributed by atoms with Gasteiger partial charge < -0.3 is 0 Å². The predicted octanol–water partition coefficient (Wildman–Crippen LogP) is 2.42. The minimum Gasteiger partial charge on any atom is -0.261 e. The number of hydrogen-bond donors (Lipinski definition) is 1. The first-order valence-electron chi connectivity index (χ1n) is 6.07. The van der Waals surface area contributed by atoms with Crippen LogP contribution in [-0.2, 0) is 10.0 Å². The molecule has 1 N–H and O–H groups in total. The molecule has 1 unspecified atom stereocenters. The Kier molecular flexibility index (Phi) is 4.75. The summed E-state index contributed by atoms with van der Waals surface area (Å²) in [6.07, 6.45) is 2.84. The second-order valence-corrected chi connectivity index (χ2v) is 6.75. The van der Waals surface area contributed by atoms with E-state index in [-0.39, 0.29) is 12.5 Å². The van der Waals surface area contributed by atoms with Crippen molar-refractivity contribution in [1.82, 2.24) is 9.71 Å². The Bertz CT molecular complexity index is 657. The first-order valence-corrected chi connectivity index (χ1v) is 8.34. The molecule has 0 aliphatic carbocycles. The quantitative estimate of drug-likeness (QED) is 0.922. The highest BCUT2D eigenvalue weighted by molar-refractivity contribution is 7.88. The molecular weight excluding hydrogens is 296 g/mol. The van der Waals surface area contributed by atoms with E-state index < -0.39 is 10.0 Å². The van der Waals surface area contributed by atoms with E-state index in [0.29, 0.717) is 5.02 Å². The van der Waals surface area contributed by atoms with E-state index in [1.807, 2.05) is 30.3 Å². The summed E-state index contributed by atoms with van der Waals surface area (Å²) >= 11 is 5.88. The second-order valence-electron chi connectivity index (χ2n) is 4.48. The number of sulfonamides is 1. The maximum Gasteiger partial charge on any atom is 0.208 e. The molecule has 0 amide bonds. The average Bonchev–Trinajstić information content (AvgIpc) is 2.41. The number of nitrogens with one attached hydrogen (secondary N) is 1. The van der Waals surface area contributed by atoms with Crippen LogP contribution in [0, 0.1) is 0 Å². The SMILES string of the molecule is CS(=O)(=O)NCC(c1ccc(Cl)cc1)c1ccccn1. The van der Waals surface area contributed by atoms with Crippen LogP contribution >= 0.6 is 11.6 Å². The van der Waals surface area contributed by atoms with Crippen LogP contribution in [0.5, 0.6) is 0 Å². The van der Waals surface area contributed by atoms with Gasteiger partial charge in [0.05, 0.1) is 6.26 Å². The maximum atomic E-state index is 11.3. The molecule has 0 saturated carbocycles. The summed E-state index contributed by atoms with van der Waals surface area (Å²) in [7, 11) is -3.25. The molecule has 1 heterocycles. The van der Waals surface area contributed by atoms with Crippen LogP contribution in [0.1, 0.15) is 17.2 Å². The van der Waals surface area contributed by atoms with Crippen LogP contribution < -0.4 is 4.72 Å². The molecular formula is C14H15ClN2O2S. The summed E-state index contributed by atoms with van der Waals surface area (Å²) in [4.78, 5) is 4.31. The van der Waals surface area contributed by atoms with Crippen LogP contribution in [0.3, 0.4) is 0 Å². The molecule has 2 aromatic rings. The molecule has 1 aromatic heterocycles. The van der Waals surface area contributed by atoms with E-state index in [9.17, 15) is 8.42 Å². The molecule has 0 spiro atoms. The van der Waals surface area contributed by atoms with E-state index in [0.717, 1.165) is 17.5 Å². The van der Waals surface area contributed by atoms with Gasteiger partial charge in [-0.1, -0.05) is 29.8 Å². The highest BCUT2D eigenvalue weighted by atomic mass is 35.5. The lowest BCUT2D eigenvalue weighted by Gasteiger charge is -2.17. The van der Waals surface area contributed by atoms with Gasteiger partial charge in [0.1, 0.15) is 0 Å². The van der Waals surface area contributed by atoms with Crippen LogP contribution in [0.2, 0.25) is 5.02 Å². The fourth-order valence-corrected chi connectivity index (χ4v) is 2.50. The number of halogens is 1. The molecule has 106 valence electrons. The molecule has 6 heteroatoms. The van der Waals surface area contributed by atoms with Gasteiger partial charge in [-0.05, 0) is 29.8 Å². The van der Waals surface area contributed by atoms with Gasteiger partial charge in [0.25, 0.3) is 0 Å². The number of nitrogens with zero attached hydrogens (tertiary/aromatic N) is 1. The van der Waals surface area contributed by atoms with Crippen LogP contribution in [0.4, 0.5) is 0 Å². The van der Waals surface area contributed by atoms with Gasteiger partial charge in [-0.3, -0.25) is 4.98 Å². The lowest BCUT2D eigenvalue weighted by molar-refractivity contribution is 0.583. The van der Waals surface area contributed by atoms with E-state index in [1.54, 1.807) is 18.3 Å². The van der Waals surface area contributed by atoms with E-state index in [4.69, 9.17) is 11.6 Å². The molecule has 0 aliphatic heterocycles. The number of aromatic nitrogens is 1. The van der Waals surface area contributed by atoms with Crippen molar-refractivity contribution in [2.45, 2.75) is 5.92 Å². The molecule has 0 bridgehead atoms. The van der Waals surface area contributed by atoms with Crippen molar-refractivity contribution in [2.75, 3.05) is 12.8 Å². The fourth-order valence-electron chi connectivity index (χ4n) is 1.91. The highest BCUT2D eigenvalue weighted by Crippen LogP contribution is 2.23. The molecule has 0 saturated heterocycles. The van der Waals surface area contributed by atoms with E-state index >= 15 is 0 Å². The molecule has 0 fully saturated rings. The topological polar surface area (TPSA) is 59.1 Å². The fraction of sp³-hybridized carbons (Fsp3) is 0.214. The van der Waals surface area contributed by atoms with E-state index in [2.05, 4.69) is 9.71 Å². The summed E-state index contributed by atoms with van der Waals surface area (Å²) in [5, 5.41) is 0.643. The monoisotopic (exact) mass is 310 g/mol. The third-order valence-electron chi connectivity index (χ3n) is 2.87. The third-order valence-corrected chi connectivity index (χ3v) is 3.81. The van der Waals surface area contributed by atoms with Gasteiger partial charge in [0.15, 0.2) is 0 Å². The Hall–Kier alpha value is -1.43. The highest BCUT2D eigenvalue weighted by Gasteiger charge is 2.17. The Morgan fingerprint density at radius 2 is 1.90 bits per heavy atom. The molecule has 4 nitrogen and oxygen atoms in total. The minimum absolute atomic E-state index is 0.150. The zero-order valence-electron chi connectivity index (χ0n) is 11.0. The van der Waals surface area contributed by atoms with Crippen molar-refractivity contribution >= 4 is 21.6 Å². The number of pyridine rings is 1. The zero-order chi connectivity index (χ0) is 14.6. The molecule has 20 heavy (non-hydrogen) atoms. The molecule has 0 aliphatic rings. The van der Waals surface area contributed by atoms with Crippen LogP contribution in [0.25, 0.3) is 0 Å². The first kappa shape index (κ1) is 15.0. The van der Waals surface area contributed by atoms with Gasteiger partial charge in [0, 0.05) is 29.4 Å². The maximum absolute atomic E-state index is 11.3. The molecule has 2 rings (SSSR count). The Balaban J connectivity index is 2.31. The zero-order valence-corrected chi connectivity index (χ0v) is 12.5. The minimum atomic E-state index is -3.25. The van der Waals surface area contributed by atoms with Crippen molar-refractivity contribution in [3.63, 3.8) is 0 Å². The molecule has 0 radical (unpaired) electrons. The van der Waals surface area contributed by atoms with Gasteiger partial charge in [-0.15, -0.1) is 0 Å². The number of benzene rings is 1. The summed E-state index contributed by atoms with van der Waals surface area (Å²) in [5.41, 5.74) is 1.77. The predicted molar refractivity (Wildman–Crippen MR) is 80.4 cm³/mol. The van der Waals surface area contributed by atoms with E-state index in [1.165, 1.54) is 0 Å². The normalized spacial score (nSPS) is 13.1. The summed E-state index contributed by atoms with van der Waals surface area (Å²) < 4.78 is 25.1. The standard InChI is InChI=1S/C14H15ClN2O2S/c1-20(18,19)17-10-13(14-4-2-3-9-16-14)11-5-7-12(15)8-6-11/h2-9,13,17H,10H2,1H3. The van der Waals surface area contributed by atoms with Crippen molar-refractivity contribution in [1.29, 1.82) is 0 Å². The van der Waals surface area contributed by atoms with Gasteiger partial charge >= 0.3 is 0 Å². The Labute approximate surface area is 123 Å². The number of rotatable bonds is 5. The molecule has 1 atom stereocenters. The molecule has 1 aromatic carbocycles. The van der Waals surface area contributed by atoms with Crippen molar-refractivity contribution in [2.24, 2.45) is 0 Å². The van der Waals surface area contributed by atoms with Gasteiger partial charge in [-0.2, -0.15) is 0 Å². The average molecular weight is 311 g/mol. The summed E-state index contributed by atoms with van der Waals surface area (Å²) in [6, 6.07) is 12.9. The smallest absolute Gasteiger partial charge is 0.208 e. The van der Waals surface area contributed by atoms with Crippen molar-refractivity contribution in [3.05, 3.63) is 64.9 Å². The summed E-state index contributed by atoms with van der Waals surface area (Å²) in [6.45, 7) is 0.261. The van der Waals surface area contributed by atoms with Gasteiger partial charge in [0.2, 0.25) is 10.0 Å². The largest absolute Gasteiger partial charge is 0.261 e. The van der Waals surface area contributed by atoms with Crippen LogP contribution in [-0.4, -0.2) is 26.2 Å². The number of hydrogen-bond acceptors (Lipinski definition) is 3. The van der Waals surface area contributed by atoms with Crippen LogP contribution in [0.15, 0.2) is 48.7 Å². The van der Waals surface area contributed by atoms with Gasteiger partial charge in [-0.25, -0.2) is 13.1 Å². The first-order chi connectivity index (χ1) is 9.46.